The predicted octanol–water partition coefficient (Wildman–Crippen LogP) is 1.24. The van der Waals surface area contributed by atoms with E-state index in [4.69, 9.17) is 4.74 Å². The van der Waals surface area contributed by atoms with Gasteiger partial charge in [-0.15, -0.1) is 21.5 Å². The normalized spacial score (nSPS) is 17.2. The topological polar surface area (TPSA) is 97.3 Å². The van der Waals surface area contributed by atoms with E-state index in [9.17, 15) is 9.59 Å². The minimum atomic E-state index is -0.358. The van der Waals surface area contributed by atoms with Gasteiger partial charge in [0.1, 0.15) is 11.6 Å². The molecule has 134 valence electrons. The van der Waals surface area contributed by atoms with Crippen LogP contribution in [0.3, 0.4) is 0 Å². The average Bonchev–Trinajstić information content (AvgIpc) is 3.33. The van der Waals surface area contributed by atoms with Crippen LogP contribution in [-0.2, 0) is 27.4 Å². The third-order valence-electron chi connectivity index (χ3n) is 3.73. The molecule has 1 saturated heterocycles. The second-order valence-electron chi connectivity index (χ2n) is 5.49. The van der Waals surface area contributed by atoms with Gasteiger partial charge in [-0.25, -0.2) is 4.98 Å². The number of amides is 2. The summed E-state index contributed by atoms with van der Waals surface area (Å²) >= 11 is 2.89. The number of thiazole rings is 1. The van der Waals surface area contributed by atoms with E-state index >= 15 is 0 Å². The number of aromatic nitrogens is 3. The van der Waals surface area contributed by atoms with E-state index in [0.29, 0.717) is 37.9 Å². The second kappa shape index (κ2) is 8.45. The Balaban J connectivity index is 1.51. The lowest BCUT2D eigenvalue weighted by molar-refractivity contribution is -0.126. The van der Waals surface area contributed by atoms with Crippen molar-refractivity contribution < 1.29 is 14.3 Å². The van der Waals surface area contributed by atoms with Crippen molar-refractivity contribution in [1.82, 2.24) is 20.5 Å². The SMILES string of the molecule is CCOCc1nnc(N2CC(C(=O)NCCc3nccs3)CC2=O)s1. The lowest BCUT2D eigenvalue weighted by Crippen LogP contribution is -2.34. The number of carbonyl (C=O) groups excluding carboxylic acids is 2. The molecule has 2 amide bonds. The summed E-state index contributed by atoms with van der Waals surface area (Å²) in [7, 11) is 0. The summed E-state index contributed by atoms with van der Waals surface area (Å²) < 4.78 is 5.29. The molecule has 0 aliphatic carbocycles. The molecule has 0 radical (unpaired) electrons. The van der Waals surface area contributed by atoms with Gasteiger partial charge < -0.3 is 10.1 Å². The molecular formula is C15H19N5O3S2. The second-order valence-corrected chi connectivity index (χ2v) is 7.51. The van der Waals surface area contributed by atoms with Crippen LogP contribution in [0.2, 0.25) is 0 Å². The van der Waals surface area contributed by atoms with Crippen LogP contribution in [0.5, 0.6) is 0 Å². The first kappa shape index (κ1) is 17.9. The minimum absolute atomic E-state index is 0.0980. The van der Waals surface area contributed by atoms with Crippen molar-refractivity contribution in [1.29, 1.82) is 0 Å². The molecule has 10 heteroatoms. The van der Waals surface area contributed by atoms with Crippen molar-refractivity contribution >= 4 is 39.6 Å². The zero-order valence-corrected chi connectivity index (χ0v) is 15.4. The van der Waals surface area contributed by atoms with E-state index < -0.39 is 0 Å². The van der Waals surface area contributed by atoms with Crippen molar-refractivity contribution in [2.45, 2.75) is 26.4 Å². The number of carbonyl (C=O) groups is 2. The lowest BCUT2D eigenvalue weighted by atomic mass is 10.1. The fourth-order valence-electron chi connectivity index (χ4n) is 2.48. The van der Waals surface area contributed by atoms with Gasteiger partial charge in [0.2, 0.25) is 16.9 Å². The highest BCUT2D eigenvalue weighted by atomic mass is 32.1. The first-order valence-corrected chi connectivity index (χ1v) is 9.73. The molecule has 1 fully saturated rings. The number of hydrogen-bond acceptors (Lipinski definition) is 8. The fraction of sp³-hybridized carbons (Fsp3) is 0.533. The molecule has 0 spiro atoms. The van der Waals surface area contributed by atoms with E-state index in [0.717, 1.165) is 10.0 Å². The smallest absolute Gasteiger partial charge is 0.229 e. The summed E-state index contributed by atoms with van der Waals surface area (Å²) in [6.45, 7) is 3.75. The van der Waals surface area contributed by atoms with Crippen LogP contribution < -0.4 is 10.2 Å². The lowest BCUT2D eigenvalue weighted by Gasteiger charge is -2.12. The number of ether oxygens (including phenoxy) is 1. The standard InChI is InChI=1S/C15H19N5O3S2/c1-2-23-9-12-18-19-15(25-12)20-8-10(7-13(20)21)14(22)17-4-3-11-16-5-6-24-11/h5-6,10H,2-4,7-9H2,1H3,(H,17,22). The Labute approximate surface area is 153 Å². The van der Waals surface area contributed by atoms with Gasteiger partial charge in [-0.3, -0.25) is 14.5 Å². The van der Waals surface area contributed by atoms with Gasteiger partial charge in [0.25, 0.3) is 0 Å². The molecule has 0 saturated carbocycles. The number of nitrogens with zero attached hydrogens (tertiary/aromatic N) is 4. The molecule has 0 bridgehead atoms. The number of rotatable bonds is 8. The summed E-state index contributed by atoms with van der Waals surface area (Å²) in [5.41, 5.74) is 0. The molecule has 1 aliphatic rings. The van der Waals surface area contributed by atoms with Crippen molar-refractivity contribution in [3.8, 4) is 0 Å². The fourth-order valence-corrected chi connectivity index (χ4v) is 3.91. The zero-order valence-electron chi connectivity index (χ0n) is 13.8. The van der Waals surface area contributed by atoms with Crippen LogP contribution in [-0.4, -0.2) is 46.7 Å². The Morgan fingerprint density at radius 3 is 3.08 bits per heavy atom. The minimum Gasteiger partial charge on any atom is -0.374 e. The van der Waals surface area contributed by atoms with Crippen LogP contribution >= 0.6 is 22.7 Å². The maximum atomic E-state index is 12.3. The molecule has 0 aromatic carbocycles. The van der Waals surface area contributed by atoms with Gasteiger partial charge in [-0.05, 0) is 6.92 Å². The highest BCUT2D eigenvalue weighted by molar-refractivity contribution is 7.15. The largest absolute Gasteiger partial charge is 0.374 e. The molecule has 1 aliphatic heterocycles. The van der Waals surface area contributed by atoms with Crippen molar-refractivity contribution in [3.63, 3.8) is 0 Å². The van der Waals surface area contributed by atoms with Crippen molar-refractivity contribution in [3.05, 3.63) is 21.6 Å². The molecule has 1 unspecified atom stereocenters. The summed E-state index contributed by atoms with van der Waals surface area (Å²) in [6.07, 6.45) is 2.64. The molecular weight excluding hydrogens is 362 g/mol. The highest BCUT2D eigenvalue weighted by Crippen LogP contribution is 2.28. The molecule has 8 nitrogen and oxygen atoms in total. The first-order chi connectivity index (χ1) is 12.2. The Morgan fingerprint density at radius 1 is 1.44 bits per heavy atom. The van der Waals surface area contributed by atoms with Gasteiger partial charge in [0.05, 0.1) is 10.9 Å². The van der Waals surface area contributed by atoms with Gasteiger partial charge >= 0.3 is 0 Å². The van der Waals surface area contributed by atoms with Crippen LogP contribution in [0.1, 0.15) is 23.4 Å². The Kier molecular flexibility index (Phi) is 6.05. The average molecular weight is 381 g/mol. The quantitative estimate of drug-likeness (QED) is 0.739. The van der Waals surface area contributed by atoms with Crippen LogP contribution in [0.4, 0.5) is 5.13 Å². The summed E-state index contributed by atoms with van der Waals surface area (Å²) in [5, 5.41) is 15.1. The van der Waals surface area contributed by atoms with E-state index in [1.54, 1.807) is 17.5 Å². The summed E-state index contributed by atoms with van der Waals surface area (Å²) in [5.74, 6) is -0.561. The number of hydrogen-bond donors (Lipinski definition) is 1. The van der Waals surface area contributed by atoms with Crippen LogP contribution in [0.25, 0.3) is 0 Å². The van der Waals surface area contributed by atoms with E-state index in [1.807, 2.05) is 12.3 Å². The summed E-state index contributed by atoms with van der Waals surface area (Å²) in [6, 6.07) is 0. The Morgan fingerprint density at radius 2 is 2.32 bits per heavy atom. The molecule has 3 heterocycles. The van der Waals surface area contributed by atoms with Gasteiger partial charge in [-0.1, -0.05) is 11.3 Å². The molecule has 2 aromatic rings. The third-order valence-corrected chi connectivity index (χ3v) is 5.49. The number of nitrogens with one attached hydrogen (secondary N) is 1. The maximum absolute atomic E-state index is 12.3. The van der Waals surface area contributed by atoms with Gasteiger partial charge in [-0.2, -0.15) is 0 Å². The molecule has 1 N–H and O–H groups in total. The molecule has 3 rings (SSSR count). The maximum Gasteiger partial charge on any atom is 0.229 e. The zero-order chi connectivity index (χ0) is 17.6. The van der Waals surface area contributed by atoms with E-state index in [-0.39, 0.29) is 24.2 Å². The number of anilines is 1. The van der Waals surface area contributed by atoms with Crippen LogP contribution in [0.15, 0.2) is 11.6 Å². The van der Waals surface area contributed by atoms with E-state index in [2.05, 4.69) is 20.5 Å². The Bertz CT molecular complexity index is 719. The van der Waals surface area contributed by atoms with Gasteiger partial charge in [0.15, 0.2) is 0 Å². The summed E-state index contributed by atoms with van der Waals surface area (Å²) in [4.78, 5) is 30.2. The predicted molar refractivity (Wildman–Crippen MR) is 94.5 cm³/mol. The molecule has 2 aromatic heterocycles. The van der Waals surface area contributed by atoms with Crippen molar-refractivity contribution in [2.75, 3.05) is 24.6 Å². The van der Waals surface area contributed by atoms with Crippen LogP contribution in [0, 0.1) is 5.92 Å². The van der Waals surface area contributed by atoms with Gasteiger partial charge in [0, 0.05) is 44.1 Å². The first-order valence-electron chi connectivity index (χ1n) is 8.04. The highest BCUT2D eigenvalue weighted by Gasteiger charge is 2.36. The Hall–Kier alpha value is -1.91. The third kappa shape index (κ3) is 4.59. The van der Waals surface area contributed by atoms with Crippen molar-refractivity contribution in [2.24, 2.45) is 5.92 Å². The molecule has 1 atom stereocenters. The van der Waals surface area contributed by atoms with E-state index in [1.165, 1.54) is 16.2 Å². The monoisotopic (exact) mass is 381 g/mol. The molecule has 25 heavy (non-hydrogen) atoms.